The molecule has 1 N–H and O–H groups in total. The van der Waals surface area contributed by atoms with Crippen LogP contribution in [-0.4, -0.2) is 37.9 Å². The number of carbonyl (C=O) groups is 1. The SMILES string of the molecule is CCOc1cc2[nH]c(C(=O)OC)cc2c(OCC)c1OCC. The van der Waals surface area contributed by atoms with E-state index in [0.29, 0.717) is 42.8 Å². The van der Waals surface area contributed by atoms with Crippen LogP contribution in [0, 0.1) is 0 Å². The van der Waals surface area contributed by atoms with Crippen LogP contribution >= 0.6 is 0 Å². The van der Waals surface area contributed by atoms with Crippen LogP contribution in [-0.2, 0) is 4.74 Å². The fraction of sp³-hybridized carbons (Fsp3) is 0.438. The van der Waals surface area contributed by atoms with Gasteiger partial charge in [-0.1, -0.05) is 0 Å². The number of aromatic amines is 1. The minimum atomic E-state index is -0.436. The van der Waals surface area contributed by atoms with Crippen molar-refractivity contribution in [2.75, 3.05) is 26.9 Å². The summed E-state index contributed by atoms with van der Waals surface area (Å²) >= 11 is 0. The average Bonchev–Trinajstić information content (AvgIpc) is 2.94. The number of nitrogens with one attached hydrogen (secondary N) is 1. The standard InChI is InChI=1S/C16H21NO5/c1-5-20-13-9-11-10(8-12(17-11)16(18)19-4)14(21-6-2)15(13)22-7-3/h8-9,17H,5-7H2,1-4H3. The summed E-state index contributed by atoms with van der Waals surface area (Å²) in [5.41, 5.74) is 1.09. The summed E-state index contributed by atoms with van der Waals surface area (Å²) in [6.07, 6.45) is 0. The molecule has 0 aliphatic carbocycles. The van der Waals surface area contributed by atoms with Crippen molar-refractivity contribution >= 4 is 16.9 Å². The van der Waals surface area contributed by atoms with Crippen LogP contribution in [0.25, 0.3) is 10.9 Å². The van der Waals surface area contributed by atoms with Gasteiger partial charge >= 0.3 is 5.97 Å². The van der Waals surface area contributed by atoms with E-state index in [9.17, 15) is 4.79 Å². The Balaban J connectivity index is 2.67. The third-order valence-electron chi connectivity index (χ3n) is 3.08. The van der Waals surface area contributed by atoms with E-state index >= 15 is 0 Å². The Labute approximate surface area is 129 Å². The number of fused-ring (bicyclic) bond motifs is 1. The largest absolute Gasteiger partial charge is 0.490 e. The molecule has 6 nitrogen and oxygen atoms in total. The summed E-state index contributed by atoms with van der Waals surface area (Å²) in [4.78, 5) is 14.7. The van der Waals surface area contributed by atoms with Crippen LogP contribution in [0.1, 0.15) is 31.3 Å². The summed E-state index contributed by atoms with van der Waals surface area (Å²) in [5.74, 6) is 1.26. The molecule has 0 atom stereocenters. The summed E-state index contributed by atoms with van der Waals surface area (Å²) in [6.45, 7) is 7.15. The molecule has 1 aromatic carbocycles. The predicted octanol–water partition coefficient (Wildman–Crippen LogP) is 3.15. The first-order valence-corrected chi connectivity index (χ1v) is 7.32. The fourth-order valence-corrected chi connectivity index (χ4v) is 2.25. The maximum Gasteiger partial charge on any atom is 0.354 e. The molecule has 0 radical (unpaired) electrons. The second-order valence-corrected chi connectivity index (χ2v) is 4.47. The number of ether oxygens (including phenoxy) is 4. The highest BCUT2D eigenvalue weighted by atomic mass is 16.5. The van der Waals surface area contributed by atoms with Gasteiger partial charge in [0.2, 0.25) is 5.75 Å². The number of rotatable bonds is 7. The minimum absolute atomic E-state index is 0.356. The summed E-state index contributed by atoms with van der Waals surface area (Å²) in [5, 5.41) is 0.758. The van der Waals surface area contributed by atoms with Gasteiger partial charge in [-0.3, -0.25) is 0 Å². The molecule has 0 amide bonds. The molecule has 0 aliphatic heterocycles. The summed E-state index contributed by atoms with van der Waals surface area (Å²) in [6, 6.07) is 3.50. The minimum Gasteiger partial charge on any atom is -0.490 e. The maximum atomic E-state index is 11.7. The Morgan fingerprint density at radius 1 is 1.00 bits per heavy atom. The Hall–Kier alpha value is -2.37. The second kappa shape index (κ2) is 7.06. The van der Waals surface area contributed by atoms with Crippen LogP contribution < -0.4 is 14.2 Å². The second-order valence-electron chi connectivity index (χ2n) is 4.47. The van der Waals surface area contributed by atoms with Crippen molar-refractivity contribution < 1.29 is 23.7 Å². The first kappa shape index (κ1) is 16.0. The quantitative estimate of drug-likeness (QED) is 0.796. The van der Waals surface area contributed by atoms with E-state index in [1.807, 2.05) is 20.8 Å². The molecular weight excluding hydrogens is 286 g/mol. The topological polar surface area (TPSA) is 69.8 Å². The van der Waals surface area contributed by atoms with Crippen molar-refractivity contribution in [3.05, 3.63) is 17.8 Å². The lowest BCUT2D eigenvalue weighted by atomic mass is 10.2. The van der Waals surface area contributed by atoms with Crippen molar-refractivity contribution in [3.8, 4) is 17.2 Å². The number of H-pyrrole nitrogens is 1. The number of aromatic nitrogens is 1. The van der Waals surface area contributed by atoms with Crippen molar-refractivity contribution in [3.63, 3.8) is 0 Å². The molecule has 1 aromatic heterocycles. The van der Waals surface area contributed by atoms with Gasteiger partial charge in [-0.25, -0.2) is 4.79 Å². The number of esters is 1. The number of methoxy groups -OCH3 is 1. The lowest BCUT2D eigenvalue weighted by Gasteiger charge is -2.16. The molecule has 120 valence electrons. The van der Waals surface area contributed by atoms with E-state index in [-0.39, 0.29) is 0 Å². The molecule has 0 unspecified atom stereocenters. The molecule has 1 heterocycles. The highest BCUT2D eigenvalue weighted by Gasteiger charge is 2.21. The van der Waals surface area contributed by atoms with Gasteiger partial charge in [0.15, 0.2) is 11.5 Å². The Kier molecular flexibility index (Phi) is 5.14. The third-order valence-corrected chi connectivity index (χ3v) is 3.08. The van der Waals surface area contributed by atoms with Gasteiger partial charge in [0, 0.05) is 11.5 Å². The van der Waals surface area contributed by atoms with Gasteiger partial charge in [0.25, 0.3) is 0 Å². The van der Waals surface area contributed by atoms with Crippen molar-refractivity contribution in [1.82, 2.24) is 4.98 Å². The highest BCUT2D eigenvalue weighted by molar-refractivity contribution is 5.99. The van der Waals surface area contributed by atoms with Crippen LogP contribution in [0.3, 0.4) is 0 Å². The van der Waals surface area contributed by atoms with Crippen LogP contribution in [0.4, 0.5) is 0 Å². The monoisotopic (exact) mass is 307 g/mol. The van der Waals surface area contributed by atoms with Gasteiger partial charge < -0.3 is 23.9 Å². The average molecular weight is 307 g/mol. The predicted molar refractivity (Wildman–Crippen MR) is 83.1 cm³/mol. The van der Waals surface area contributed by atoms with Gasteiger partial charge in [-0.2, -0.15) is 0 Å². The number of hydrogen-bond donors (Lipinski definition) is 1. The van der Waals surface area contributed by atoms with E-state index in [0.717, 1.165) is 10.9 Å². The molecule has 0 spiro atoms. The van der Waals surface area contributed by atoms with Crippen LogP contribution in [0.15, 0.2) is 12.1 Å². The first-order chi connectivity index (χ1) is 10.7. The molecule has 0 fully saturated rings. The smallest absolute Gasteiger partial charge is 0.354 e. The molecule has 0 bridgehead atoms. The summed E-state index contributed by atoms with van der Waals surface area (Å²) < 4.78 is 21.8. The van der Waals surface area contributed by atoms with Gasteiger partial charge in [-0.05, 0) is 26.8 Å². The zero-order valence-corrected chi connectivity index (χ0v) is 13.3. The normalized spacial score (nSPS) is 10.5. The molecule has 22 heavy (non-hydrogen) atoms. The van der Waals surface area contributed by atoms with E-state index in [2.05, 4.69) is 4.98 Å². The van der Waals surface area contributed by atoms with Crippen molar-refractivity contribution in [2.24, 2.45) is 0 Å². The molecule has 6 heteroatoms. The number of carbonyl (C=O) groups excluding carboxylic acids is 1. The molecule has 0 saturated carbocycles. The van der Waals surface area contributed by atoms with E-state index in [1.165, 1.54) is 7.11 Å². The lowest BCUT2D eigenvalue weighted by Crippen LogP contribution is -2.02. The lowest BCUT2D eigenvalue weighted by molar-refractivity contribution is 0.0595. The maximum absolute atomic E-state index is 11.7. The van der Waals surface area contributed by atoms with E-state index in [1.54, 1.807) is 12.1 Å². The van der Waals surface area contributed by atoms with Gasteiger partial charge in [0.05, 0.1) is 32.4 Å². The zero-order chi connectivity index (χ0) is 16.1. The van der Waals surface area contributed by atoms with Crippen LogP contribution in [0.5, 0.6) is 17.2 Å². The van der Waals surface area contributed by atoms with E-state index in [4.69, 9.17) is 18.9 Å². The molecule has 0 saturated heterocycles. The Morgan fingerprint density at radius 2 is 1.64 bits per heavy atom. The fourth-order valence-electron chi connectivity index (χ4n) is 2.25. The number of benzene rings is 1. The third kappa shape index (κ3) is 2.95. The molecule has 2 rings (SSSR count). The van der Waals surface area contributed by atoms with Gasteiger partial charge in [0.1, 0.15) is 5.69 Å². The first-order valence-electron chi connectivity index (χ1n) is 7.32. The highest BCUT2D eigenvalue weighted by Crippen LogP contribution is 2.44. The summed E-state index contributed by atoms with van der Waals surface area (Å²) in [7, 11) is 1.34. The zero-order valence-electron chi connectivity index (χ0n) is 13.3. The van der Waals surface area contributed by atoms with Gasteiger partial charge in [-0.15, -0.1) is 0 Å². The number of hydrogen-bond acceptors (Lipinski definition) is 5. The van der Waals surface area contributed by atoms with Crippen molar-refractivity contribution in [2.45, 2.75) is 20.8 Å². The van der Waals surface area contributed by atoms with Crippen molar-refractivity contribution in [1.29, 1.82) is 0 Å². The molecule has 2 aromatic rings. The molecular formula is C16H21NO5. The van der Waals surface area contributed by atoms with E-state index < -0.39 is 5.97 Å². The molecule has 0 aliphatic rings. The Morgan fingerprint density at radius 3 is 2.23 bits per heavy atom. The Bertz CT molecular complexity index is 662. The van der Waals surface area contributed by atoms with Crippen LogP contribution in [0.2, 0.25) is 0 Å².